The Balaban J connectivity index is 3.55. The Kier molecular flexibility index (Phi) is 3.79. The topological polar surface area (TPSA) is 26.3 Å². The monoisotopic (exact) mass is 284 g/mol. The summed E-state index contributed by atoms with van der Waals surface area (Å²) in [6, 6.07) is 3.81. The minimum absolute atomic E-state index is 0.0173. The van der Waals surface area contributed by atoms with Crippen LogP contribution in [0, 0.1) is 0 Å². The molecule has 0 spiro atoms. The summed E-state index contributed by atoms with van der Waals surface area (Å²) in [5.41, 5.74) is 1.61. The Bertz CT molecular complexity index is 417. The summed E-state index contributed by atoms with van der Waals surface area (Å²) in [5, 5.41) is 0. The summed E-state index contributed by atoms with van der Waals surface area (Å²) >= 11 is 3.43. The van der Waals surface area contributed by atoms with Crippen LogP contribution in [0.25, 0.3) is 0 Å². The molecule has 0 aliphatic carbocycles. The molecule has 0 atom stereocenters. The number of benzene rings is 1. The van der Waals surface area contributed by atoms with Gasteiger partial charge in [-0.25, -0.2) is 0 Å². The van der Waals surface area contributed by atoms with Crippen molar-refractivity contribution in [2.45, 2.75) is 33.1 Å². The number of hydrogen-bond donors (Lipinski definition) is 0. The fourth-order valence-electron chi connectivity index (χ4n) is 1.63. The first kappa shape index (κ1) is 13.2. The Labute approximate surface area is 105 Å². The SMILES string of the molecule is COc1c(C(C)=O)cc(Br)cc1C(C)(C)C. The maximum Gasteiger partial charge on any atom is 0.163 e. The van der Waals surface area contributed by atoms with Crippen molar-refractivity contribution in [3.8, 4) is 5.75 Å². The van der Waals surface area contributed by atoms with Crippen LogP contribution in [0.15, 0.2) is 16.6 Å². The fourth-order valence-corrected chi connectivity index (χ4v) is 2.09. The van der Waals surface area contributed by atoms with Crippen molar-refractivity contribution < 1.29 is 9.53 Å². The van der Waals surface area contributed by atoms with Gasteiger partial charge in [0.15, 0.2) is 5.78 Å². The van der Waals surface area contributed by atoms with Gasteiger partial charge in [-0.1, -0.05) is 36.7 Å². The van der Waals surface area contributed by atoms with Gasteiger partial charge in [-0.3, -0.25) is 4.79 Å². The lowest BCUT2D eigenvalue weighted by Gasteiger charge is -2.23. The average Bonchev–Trinajstić information content (AvgIpc) is 2.14. The third-order valence-electron chi connectivity index (χ3n) is 2.45. The van der Waals surface area contributed by atoms with Gasteiger partial charge in [-0.15, -0.1) is 0 Å². The number of ether oxygens (including phenoxy) is 1. The van der Waals surface area contributed by atoms with Crippen LogP contribution >= 0.6 is 15.9 Å². The molecule has 0 aliphatic heterocycles. The van der Waals surface area contributed by atoms with Crippen molar-refractivity contribution in [1.29, 1.82) is 0 Å². The minimum Gasteiger partial charge on any atom is -0.496 e. The van der Waals surface area contributed by atoms with Crippen molar-refractivity contribution >= 4 is 21.7 Å². The molecule has 0 fully saturated rings. The van der Waals surface area contributed by atoms with Crippen LogP contribution in [0.4, 0.5) is 0 Å². The molecule has 0 N–H and O–H groups in total. The normalized spacial score (nSPS) is 11.4. The molecule has 0 saturated carbocycles. The van der Waals surface area contributed by atoms with Crippen molar-refractivity contribution in [3.63, 3.8) is 0 Å². The quantitative estimate of drug-likeness (QED) is 0.769. The summed E-state index contributed by atoms with van der Waals surface area (Å²) < 4.78 is 6.28. The van der Waals surface area contributed by atoms with Crippen molar-refractivity contribution in [2.24, 2.45) is 0 Å². The lowest BCUT2D eigenvalue weighted by Crippen LogP contribution is -2.15. The maximum atomic E-state index is 11.6. The highest BCUT2D eigenvalue weighted by atomic mass is 79.9. The Morgan fingerprint density at radius 3 is 2.25 bits per heavy atom. The second kappa shape index (κ2) is 4.58. The molecule has 2 nitrogen and oxygen atoms in total. The number of rotatable bonds is 2. The zero-order valence-corrected chi connectivity index (χ0v) is 11.9. The predicted octanol–water partition coefficient (Wildman–Crippen LogP) is 3.96. The number of hydrogen-bond acceptors (Lipinski definition) is 2. The van der Waals surface area contributed by atoms with Gasteiger partial charge in [0.1, 0.15) is 5.75 Å². The van der Waals surface area contributed by atoms with Gasteiger partial charge in [0.2, 0.25) is 0 Å². The Morgan fingerprint density at radius 1 is 1.31 bits per heavy atom. The molecule has 3 heteroatoms. The van der Waals surface area contributed by atoms with Crippen LogP contribution in [-0.4, -0.2) is 12.9 Å². The van der Waals surface area contributed by atoms with Crippen molar-refractivity contribution in [1.82, 2.24) is 0 Å². The number of halogens is 1. The third kappa shape index (κ3) is 2.64. The van der Waals surface area contributed by atoms with Crippen LogP contribution in [0.5, 0.6) is 5.75 Å². The van der Waals surface area contributed by atoms with Gasteiger partial charge in [-0.2, -0.15) is 0 Å². The highest BCUT2D eigenvalue weighted by molar-refractivity contribution is 9.10. The molecule has 0 saturated heterocycles. The molecular formula is C13H17BrO2. The van der Waals surface area contributed by atoms with E-state index in [2.05, 4.69) is 36.7 Å². The van der Waals surface area contributed by atoms with Crippen molar-refractivity contribution in [3.05, 3.63) is 27.7 Å². The second-order valence-electron chi connectivity index (χ2n) is 4.84. The van der Waals surface area contributed by atoms with Crippen molar-refractivity contribution in [2.75, 3.05) is 7.11 Å². The number of carbonyl (C=O) groups is 1. The molecule has 0 radical (unpaired) electrons. The van der Waals surface area contributed by atoms with Gasteiger partial charge in [-0.05, 0) is 24.5 Å². The second-order valence-corrected chi connectivity index (χ2v) is 5.76. The molecule has 0 bridgehead atoms. The van der Waals surface area contributed by atoms with E-state index in [0.29, 0.717) is 11.3 Å². The van der Waals surface area contributed by atoms with E-state index in [1.807, 2.05) is 6.07 Å². The summed E-state index contributed by atoms with van der Waals surface area (Å²) in [4.78, 5) is 11.6. The van der Waals surface area contributed by atoms with Gasteiger partial charge in [0.25, 0.3) is 0 Å². The van der Waals surface area contributed by atoms with Crippen LogP contribution in [0.3, 0.4) is 0 Å². The first-order valence-corrected chi connectivity index (χ1v) is 5.95. The first-order valence-electron chi connectivity index (χ1n) is 5.16. The number of Topliss-reactive ketones (excluding diaryl/α,β-unsaturated/α-hetero) is 1. The summed E-state index contributed by atoms with van der Waals surface area (Å²) in [6.45, 7) is 7.85. The van der Waals surface area contributed by atoms with Gasteiger partial charge in [0, 0.05) is 10.0 Å². The molecule has 0 unspecified atom stereocenters. The van der Waals surface area contributed by atoms with E-state index in [1.165, 1.54) is 0 Å². The van der Waals surface area contributed by atoms with Crippen LogP contribution in [-0.2, 0) is 5.41 Å². The molecule has 16 heavy (non-hydrogen) atoms. The third-order valence-corrected chi connectivity index (χ3v) is 2.90. The van der Waals surface area contributed by atoms with Gasteiger partial charge < -0.3 is 4.74 Å². The molecule has 1 aromatic carbocycles. The van der Waals surface area contributed by atoms with Crippen LogP contribution in [0.1, 0.15) is 43.6 Å². The largest absolute Gasteiger partial charge is 0.496 e. The molecule has 1 aromatic rings. The molecule has 0 amide bonds. The maximum absolute atomic E-state index is 11.6. The highest BCUT2D eigenvalue weighted by Crippen LogP contribution is 2.36. The summed E-state index contributed by atoms with van der Waals surface area (Å²) in [5.74, 6) is 0.701. The molecule has 0 heterocycles. The Morgan fingerprint density at radius 2 is 1.88 bits per heavy atom. The molecule has 0 aromatic heterocycles. The zero-order chi connectivity index (χ0) is 12.5. The zero-order valence-electron chi connectivity index (χ0n) is 10.3. The van der Waals surface area contributed by atoms with E-state index in [-0.39, 0.29) is 11.2 Å². The van der Waals surface area contributed by atoms with E-state index in [0.717, 1.165) is 10.0 Å². The molecule has 88 valence electrons. The fraction of sp³-hybridized carbons (Fsp3) is 0.462. The summed E-state index contributed by atoms with van der Waals surface area (Å²) in [7, 11) is 1.60. The van der Waals surface area contributed by atoms with Gasteiger partial charge in [0.05, 0.1) is 12.7 Å². The van der Waals surface area contributed by atoms with Gasteiger partial charge >= 0.3 is 0 Å². The lowest BCUT2D eigenvalue weighted by molar-refractivity contribution is 0.101. The molecule has 0 aliphatic rings. The van der Waals surface area contributed by atoms with E-state index in [4.69, 9.17) is 4.74 Å². The Hall–Kier alpha value is -0.830. The van der Waals surface area contributed by atoms with Crippen LogP contribution in [0.2, 0.25) is 0 Å². The average molecular weight is 285 g/mol. The number of ketones is 1. The standard InChI is InChI=1S/C13H17BrO2/c1-8(15)10-6-9(14)7-11(12(10)16-5)13(2,3)4/h6-7H,1-5H3. The minimum atomic E-state index is -0.0562. The van der Waals surface area contributed by atoms with Crippen LogP contribution < -0.4 is 4.74 Å². The lowest BCUT2D eigenvalue weighted by atomic mass is 9.85. The summed E-state index contributed by atoms with van der Waals surface area (Å²) in [6.07, 6.45) is 0. The van der Waals surface area contributed by atoms with E-state index in [9.17, 15) is 4.79 Å². The van der Waals surface area contributed by atoms with E-state index >= 15 is 0 Å². The molecule has 1 rings (SSSR count). The smallest absolute Gasteiger partial charge is 0.163 e. The van der Waals surface area contributed by atoms with E-state index < -0.39 is 0 Å². The predicted molar refractivity (Wildman–Crippen MR) is 69.4 cm³/mol. The molecular weight excluding hydrogens is 268 g/mol. The highest BCUT2D eigenvalue weighted by Gasteiger charge is 2.23. The number of carbonyl (C=O) groups excluding carboxylic acids is 1. The number of methoxy groups -OCH3 is 1. The first-order chi connectivity index (χ1) is 7.27. The van der Waals surface area contributed by atoms with E-state index in [1.54, 1.807) is 20.1 Å².